The molecule has 0 aliphatic heterocycles. The Hall–Kier alpha value is -3.36. The number of hydrogen-bond donors (Lipinski definition) is 1. The number of carbonyl (C=O) groups is 2. The van der Waals surface area contributed by atoms with Crippen molar-refractivity contribution in [3.8, 4) is 0 Å². The van der Waals surface area contributed by atoms with E-state index >= 15 is 0 Å². The normalized spacial score (nSPS) is 23.6. The SMILES string of the molecule is CC(C)CNC(=O)[C@@H](Cc1ccccc1)N(Cc1cccc(Cl)c1)C(=O)CN(c1ccc(C23CC4CC(CC(C4)C2)C3)cc1)S(C)(=O)=O. The number of anilines is 1. The van der Waals surface area contributed by atoms with Crippen LogP contribution in [-0.4, -0.2) is 50.5 Å². The number of halogens is 1. The Morgan fingerprint density at radius 2 is 1.48 bits per heavy atom. The Bertz CT molecular complexity index is 1680. The first kappa shape index (κ1) is 34.5. The molecule has 0 radical (unpaired) electrons. The van der Waals surface area contributed by atoms with Crippen molar-refractivity contribution in [2.45, 2.75) is 76.8 Å². The third kappa shape index (κ3) is 7.92. The van der Waals surface area contributed by atoms with E-state index in [4.69, 9.17) is 11.6 Å². The van der Waals surface area contributed by atoms with Crippen molar-refractivity contribution in [2.24, 2.45) is 23.7 Å². The van der Waals surface area contributed by atoms with Crippen LogP contribution in [0.15, 0.2) is 78.9 Å². The summed E-state index contributed by atoms with van der Waals surface area (Å²) in [5.41, 5.74) is 3.56. The van der Waals surface area contributed by atoms with Gasteiger partial charge in [-0.15, -0.1) is 0 Å². The van der Waals surface area contributed by atoms with E-state index in [1.807, 2.05) is 62.4 Å². The van der Waals surface area contributed by atoms with Gasteiger partial charge in [0, 0.05) is 24.5 Å². The van der Waals surface area contributed by atoms with Gasteiger partial charge in [-0.2, -0.15) is 0 Å². The topological polar surface area (TPSA) is 86.8 Å². The summed E-state index contributed by atoms with van der Waals surface area (Å²) in [5, 5.41) is 3.53. The summed E-state index contributed by atoms with van der Waals surface area (Å²) in [6.07, 6.45) is 9.11. The van der Waals surface area contributed by atoms with Crippen molar-refractivity contribution < 1.29 is 18.0 Å². The van der Waals surface area contributed by atoms with Gasteiger partial charge in [0.05, 0.1) is 11.9 Å². The zero-order valence-electron chi connectivity index (χ0n) is 28.3. The number of carbonyl (C=O) groups excluding carboxylic acids is 2. The second-order valence-corrected chi connectivity index (χ2v) is 17.4. The van der Waals surface area contributed by atoms with Gasteiger partial charge in [0.15, 0.2) is 0 Å². The Balaban J connectivity index is 1.30. The maximum Gasteiger partial charge on any atom is 0.244 e. The van der Waals surface area contributed by atoms with Crippen LogP contribution in [0.2, 0.25) is 5.02 Å². The van der Waals surface area contributed by atoms with E-state index in [2.05, 4.69) is 17.4 Å². The molecule has 0 heterocycles. The average Bonchev–Trinajstić information content (AvgIpc) is 3.03. The summed E-state index contributed by atoms with van der Waals surface area (Å²) >= 11 is 6.33. The van der Waals surface area contributed by atoms with Crippen LogP contribution in [0.1, 0.15) is 69.1 Å². The smallest absolute Gasteiger partial charge is 0.244 e. The molecule has 1 atom stereocenters. The number of rotatable bonds is 13. The number of hydrogen-bond acceptors (Lipinski definition) is 4. The molecule has 4 aliphatic carbocycles. The molecule has 1 N–H and O–H groups in total. The maximum atomic E-state index is 14.4. The second-order valence-electron chi connectivity index (χ2n) is 15.0. The summed E-state index contributed by atoms with van der Waals surface area (Å²) in [4.78, 5) is 29.8. The number of sulfonamides is 1. The fraction of sp³-hybridized carbons (Fsp3) is 0.487. The molecule has 4 bridgehead atoms. The Morgan fingerprint density at radius 1 is 0.875 bits per heavy atom. The van der Waals surface area contributed by atoms with Gasteiger partial charge in [-0.05, 0) is 109 Å². The molecule has 7 rings (SSSR count). The molecule has 3 aromatic rings. The maximum absolute atomic E-state index is 14.4. The van der Waals surface area contributed by atoms with Crippen molar-refractivity contribution in [2.75, 3.05) is 23.7 Å². The van der Waals surface area contributed by atoms with Crippen LogP contribution in [0.3, 0.4) is 0 Å². The van der Waals surface area contributed by atoms with Crippen molar-refractivity contribution in [1.29, 1.82) is 0 Å². The molecule has 3 aromatic carbocycles. The minimum Gasteiger partial charge on any atom is -0.354 e. The van der Waals surface area contributed by atoms with Crippen molar-refractivity contribution in [3.05, 3.63) is 101 Å². The molecule has 4 saturated carbocycles. The summed E-state index contributed by atoms with van der Waals surface area (Å²) in [7, 11) is -3.85. The standard InChI is InChI=1S/C39H48ClN3O4S/c1-27(2)24-41-38(45)36(20-28-8-5-4-6-9-28)42(25-29-10-7-11-34(40)19-29)37(44)26-43(48(3,46)47)35-14-12-33(13-15-35)39-21-30-16-31(22-39)18-32(17-30)23-39/h4-15,19,27,30-32,36H,16-18,20-26H2,1-3H3,(H,41,45)/t30?,31?,32?,36-,39?/m1/s1. The molecule has 9 heteroatoms. The second kappa shape index (κ2) is 14.2. The van der Waals surface area contributed by atoms with Crippen LogP contribution in [0.25, 0.3) is 0 Å². The first-order valence-corrected chi connectivity index (χ1v) is 19.5. The molecule has 256 valence electrons. The fourth-order valence-corrected chi connectivity index (χ4v) is 9.93. The van der Waals surface area contributed by atoms with Crippen molar-refractivity contribution in [3.63, 3.8) is 0 Å². The molecular formula is C39H48ClN3O4S. The largest absolute Gasteiger partial charge is 0.354 e. The van der Waals surface area contributed by atoms with Gasteiger partial charge in [-0.25, -0.2) is 8.42 Å². The van der Waals surface area contributed by atoms with E-state index in [1.165, 1.54) is 53.3 Å². The van der Waals surface area contributed by atoms with Crippen LogP contribution in [0, 0.1) is 23.7 Å². The predicted molar refractivity (Wildman–Crippen MR) is 192 cm³/mol. The first-order valence-electron chi connectivity index (χ1n) is 17.3. The molecule has 4 aliphatic rings. The van der Waals surface area contributed by atoms with Gasteiger partial charge in [0.2, 0.25) is 21.8 Å². The van der Waals surface area contributed by atoms with Gasteiger partial charge in [0.25, 0.3) is 0 Å². The molecule has 48 heavy (non-hydrogen) atoms. The minimum atomic E-state index is -3.85. The number of amides is 2. The van der Waals surface area contributed by atoms with Crippen LogP contribution in [0.4, 0.5) is 5.69 Å². The van der Waals surface area contributed by atoms with E-state index in [1.54, 1.807) is 18.2 Å². The fourth-order valence-electron chi connectivity index (χ4n) is 8.87. The minimum absolute atomic E-state index is 0.0918. The number of nitrogens with one attached hydrogen (secondary N) is 1. The van der Waals surface area contributed by atoms with E-state index in [0.29, 0.717) is 17.3 Å². The first-order chi connectivity index (χ1) is 22.9. The highest BCUT2D eigenvalue weighted by atomic mass is 35.5. The van der Waals surface area contributed by atoms with E-state index < -0.39 is 28.5 Å². The van der Waals surface area contributed by atoms with E-state index in [-0.39, 0.29) is 30.2 Å². The Kier molecular flexibility index (Phi) is 10.2. The van der Waals surface area contributed by atoms with Crippen LogP contribution < -0.4 is 9.62 Å². The molecule has 0 unspecified atom stereocenters. The lowest BCUT2D eigenvalue weighted by Gasteiger charge is -2.57. The van der Waals surface area contributed by atoms with Gasteiger partial charge in [0.1, 0.15) is 12.6 Å². The highest BCUT2D eigenvalue weighted by Gasteiger charge is 2.51. The molecule has 0 saturated heterocycles. The highest BCUT2D eigenvalue weighted by molar-refractivity contribution is 7.92. The van der Waals surface area contributed by atoms with Gasteiger partial charge >= 0.3 is 0 Å². The summed E-state index contributed by atoms with van der Waals surface area (Å²) < 4.78 is 27.8. The molecule has 7 nitrogen and oxygen atoms in total. The van der Waals surface area contributed by atoms with Gasteiger partial charge in [-0.1, -0.05) is 80.0 Å². The van der Waals surface area contributed by atoms with E-state index in [9.17, 15) is 18.0 Å². The molecule has 4 fully saturated rings. The average molecular weight is 690 g/mol. The zero-order valence-corrected chi connectivity index (χ0v) is 29.8. The lowest BCUT2D eigenvalue weighted by Crippen LogP contribution is -2.53. The van der Waals surface area contributed by atoms with Gasteiger partial charge in [-0.3, -0.25) is 13.9 Å². The lowest BCUT2D eigenvalue weighted by molar-refractivity contribution is -0.140. The van der Waals surface area contributed by atoms with Crippen LogP contribution in [0.5, 0.6) is 0 Å². The molecule has 2 amide bonds. The third-order valence-corrected chi connectivity index (χ3v) is 12.1. The predicted octanol–water partition coefficient (Wildman–Crippen LogP) is 6.99. The summed E-state index contributed by atoms with van der Waals surface area (Å²) in [6.45, 7) is 4.14. The van der Waals surface area contributed by atoms with E-state index in [0.717, 1.165) is 35.1 Å². The number of nitrogens with zero attached hydrogens (tertiary/aromatic N) is 2. The summed E-state index contributed by atoms with van der Waals surface area (Å²) in [5.74, 6) is 1.86. The van der Waals surface area contributed by atoms with Gasteiger partial charge < -0.3 is 10.2 Å². The highest BCUT2D eigenvalue weighted by Crippen LogP contribution is 2.60. The zero-order chi connectivity index (χ0) is 34.1. The molecule has 0 spiro atoms. The lowest BCUT2D eigenvalue weighted by atomic mass is 9.48. The number of benzene rings is 3. The molecular weight excluding hydrogens is 642 g/mol. The molecule has 0 aromatic heterocycles. The van der Waals surface area contributed by atoms with Crippen LogP contribution >= 0.6 is 11.6 Å². The monoisotopic (exact) mass is 689 g/mol. The quantitative estimate of drug-likeness (QED) is 0.210. The Labute approximate surface area is 291 Å². The van der Waals surface area contributed by atoms with Crippen LogP contribution in [-0.2, 0) is 38.0 Å². The third-order valence-electron chi connectivity index (χ3n) is 10.7. The summed E-state index contributed by atoms with van der Waals surface area (Å²) in [6, 6.07) is 23.8. The Morgan fingerprint density at radius 3 is 2.04 bits per heavy atom. The van der Waals surface area contributed by atoms with Crippen molar-refractivity contribution >= 4 is 39.1 Å². The van der Waals surface area contributed by atoms with Crippen molar-refractivity contribution in [1.82, 2.24) is 10.2 Å².